The van der Waals surface area contributed by atoms with Gasteiger partial charge in [0, 0.05) is 27.5 Å². The van der Waals surface area contributed by atoms with Crippen molar-refractivity contribution in [2.24, 2.45) is 0 Å². The molecule has 160 valence electrons. The molecule has 1 aromatic heterocycles. The number of hydrogen-bond acceptors (Lipinski definition) is 8. The van der Waals surface area contributed by atoms with Crippen LogP contribution in [0.4, 0.5) is 11.5 Å². The van der Waals surface area contributed by atoms with Gasteiger partial charge in [-0.15, -0.1) is 11.8 Å². The molecule has 9 heteroatoms. The van der Waals surface area contributed by atoms with Crippen LogP contribution in [0.1, 0.15) is 5.69 Å². The maximum absolute atomic E-state index is 12.7. The van der Waals surface area contributed by atoms with Crippen molar-refractivity contribution in [3.8, 4) is 17.0 Å². The molecule has 0 amide bonds. The first-order chi connectivity index (χ1) is 14.9. The van der Waals surface area contributed by atoms with Crippen LogP contribution < -0.4 is 10.5 Å². The van der Waals surface area contributed by atoms with Crippen LogP contribution in [-0.2, 0) is 0 Å². The third-order valence-electron chi connectivity index (χ3n) is 4.49. The molecule has 0 bridgehead atoms. The highest BCUT2D eigenvalue weighted by Crippen LogP contribution is 2.25. The molecule has 0 aliphatic carbocycles. The Morgan fingerprint density at radius 2 is 1.84 bits per heavy atom. The number of ether oxygens (including phenoxy) is 1. The number of nitrogens with two attached hydrogens (primary N) is 1. The molecular weight excluding hydrogens is 412 g/mol. The van der Waals surface area contributed by atoms with Gasteiger partial charge in [0.2, 0.25) is 5.69 Å². The summed E-state index contributed by atoms with van der Waals surface area (Å²) in [6.07, 6.45) is 1.54. The molecule has 3 rings (SSSR count). The maximum atomic E-state index is 12.7. The molecule has 0 aliphatic rings. The molecule has 31 heavy (non-hydrogen) atoms. The number of nitrogen functional groups attached to an aromatic ring is 1. The minimum Gasteiger partial charge on any atom is -0.497 e. The lowest BCUT2D eigenvalue weighted by molar-refractivity contribution is -0.331. The molecule has 0 saturated carbocycles. The summed E-state index contributed by atoms with van der Waals surface area (Å²) in [5.74, 6) is 1.26. The van der Waals surface area contributed by atoms with Gasteiger partial charge in [-0.3, -0.25) is 0 Å². The van der Waals surface area contributed by atoms with Gasteiger partial charge in [0.25, 0.3) is 0 Å². The Bertz CT molecular complexity index is 1070. The predicted octanol–water partition coefficient (Wildman–Crippen LogP) is 3.82. The molecule has 0 unspecified atom stereocenters. The smallest absolute Gasteiger partial charge is 0.388 e. The molecule has 3 aromatic rings. The minimum absolute atomic E-state index is 0.0268. The normalized spacial score (nSPS) is 10.8. The van der Waals surface area contributed by atoms with Gasteiger partial charge in [-0.25, -0.2) is 9.97 Å². The molecule has 0 fully saturated rings. The number of nitrogens with one attached hydrogen (secondary N) is 1. The Hall–Kier alpha value is -3.30. The van der Waals surface area contributed by atoms with E-state index in [1.54, 1.807) is 49.3 Å². The van der Waals surface area contributed by atoms with Crippen molar-refractivity contribution in [2.75, 3.05) is 39.2 Å². The number of aromatic nitrogens is 2. The van der Waals surface area contributed by atoms with Crippen molar-refractivity contribution in [1.29, 1.82) is 5.41 Å². The number of thioether (sulfide) groups is 1. The van der Waals surface area contributed by atoms with Gasteiger partial charge >= 0.3 is 5.84 Å². The van der Waals surface area contributed by atoms with Crippen LogP contribution in [0.15, 0.2) is 59.6 Å². The predicted molar refractivity (Wildman–Crippen MR) is 124 cm³/mol. The number of amidine groups is 1. The van der Waals surface area contributed by atoms with Crippen molar-refractivity contribution >= 4 is 29.1 Å². The first-order valence-corrected chi connectivity index (χ1v) is 10.6. The monoisotopic (exact) mass is 437 g/mol. The summed E-state index contributed by atoms with van der Waals surface area (Å²) in [6.45, 7) is 1.00. The zero-order chi connectivity index (χ0) is 22.4. The van der Waals surface area contributed by atoms with E-state index in [0.717, 1.165) is 22.8 Å². The summed E-state index contributed by atoms with van der Waals surface area (Å²) in [7, 11) is 5.65. The van der Waals surface area contributed by atoms with Crippen LogP contribution in [-0.4, -0.2) is 59.0 Å². The summed E-state index contributed by atoms with van der Waals surface area (Å²) in [6, 6.07) is 14.4. The van der Waals surface area contributed by atoms with Gasteiger partial charge < -0.3 is 15.4 Å². The number of anilines is 1. The van der Waals surface area contributed by atoms with Gasteiger partial charge in [0.05, 0.1) is 19.0 Å². The summed E-state index contributed by atoms with van der Waals surface area (Å²) in [5.41, 5.74) is 7.61. The lowest BCUT2D eigenvalue weighted by Crippen LogP contribution is -2.18. The number of nitroso groups, excluding NO2 is 1. The van der Waals surface area contributed by atoms with Crippen molar-refractivity contribution in [2.45, 2.75) is 4.90 Å². The second-order valence-electron chi connectivity index (χ2n) is 7.01. The molecule has 0 saturated heterocycles. The fourth-order valence-corrected chi connectivity index (χ4v) is 3.74. The number of hydrogen-bond donors (Lipinski definition) is 2. The van der Waals surface area contributed by atoms with E-state index in [4.69, 9.17) is 15.9 Å². The second-order valence-corrected chi connectivity index (χ2v) is 8.17. The van der Waals surface area contributed by atoms with Crippen LogP contribution in [0.3, 0.4) is 0 Å². The summed E-state index contributed by atoms with van der Waals surface area (Å²) in [5, 5.41) is 8.31. The molecule has 0 spiro atoms. The van der Waals surface area contributed by atoms with Crippen LogP contribution in [0, 0.1) is 10.3 Å². The first-order valence-electron chi connectivity index (χ1n) is 9.59. The van der Waals surface area contributed by atoms with E-state index in [9.17, 15) is 4.91 Å². The number of methoxy groups -OCH3 is 1. The molecule has 0 atom stereocenters. The van der Waals surface area contributed by atoms with Crippen molar-refractivity contribution < 1.29 is 9.50 Å². The lowest BCUT2D eigenvalue weighted by atomic mass is 10.1. The number of rotatable bonds is 8. The third-order valence-corrected chi connectivity index (χ3v) is 5.48. The van der Waals surface area contributed by atoms with Crippen LogP contribution in [0.5, 0.6) is 5.75 Å². The third kappa shape index (κ3) is 5.65. The van der Waals surface area contributed by atoms with Crippen LogP contribution >= 0.6 is 11.8 Å². The van der Waals surface area contributed by atoms with Crippen LogP contribution in [0.25, 0.3) is 11.3 Å². The highest BCUT2D eigenvalue weighted by molar-refractivity contribution is 7.99. The van der Waals surface area contributed by atoms with Gasteiger partial charge in [-0.2, -0.15) is 0 Å². The van der Waals surface area contributed by atoms with E-state index < -0.39 is 0 Å². The maximum Gasteiger partial charge on any atom is 0.388 e. The summed E-state index contributed by atoms with van der Waals surface area (Å²) in [4.78, 5) is 24.6. The SMILES string of the molecule is COc1ccc([N+](=O)C(=N)c2nc(-c3ccc(SCCN(C)C)cc3)cnc2N)cc1. The van der Waals surface area contributed by atoms with E-state index in [1.165, 1.54) is 0 Å². The summed E-state index contributed by atoms with van der Waals surface area (Å²) >= 11 is 1.78. The average molecular weight is 438 g/mol. The Labute approximate surface area is 185 Å². The molecule has 2 aromatic carbocycles. The molecule has 0 radical (unpaired) electrons. The van der Waals surface area contributed by atoms with Crippen molar-refractivity contribution in [3.05, 3.63) is 65.3 Å². The van der Waals surface area contributed by atoms with E-state index in [2.05, 4.69) is 29.0 Å². The average Bonchev–Trinajstić information content (AvgIpc) is 2.79. The molecule has 8 nitrogen and oxygen atoms in total. The van der Waals surface area contributed by atoms with Gasteiger partial charge in [-0.1, -0.05) is 22.4 Å². The van der Waals surface area contributed by atoms with Crippen molar-refractivity contribution in [3.63, 3.8) is 0 Å². The molecule has 0 aliphatic heterocycles. The Morgan fingerprint density at radius 1 is 1.16 bits per heavy atom. The Morgan fingerprint density at radius 3 is 2.45 bits per heavy atom. The standard InChI is InChI=1S/C22H25N6O2S/c1-27(2)12-13-31-18-10-4-15(5-11-18)19-14-25-21(23)20(26-19)22(24)28(29)16-6-8-17(30-3)9-7-16/h4-11,14,24H,12-13H2,1-3H3,(H2,23,25)/q+1. The highest BCUT2D eigenvalue weighted by atomic mass is 32.2. The Balaban J connectivity index is 1.79. The fourth-order valence-electron chi connectivity index (χ4n) is 2.72. The zero-order valence-electron chi connectivity index (χ0n) is 17.7. The molecule has 3 N–H and O–H groups in total. The number of benzene rings is 2. The zero-order valence-corrected chi connectivity index (χ0v) is 18.5. The van der Waals surface area contributed by atoms with Gasteiger partial charge in [-0.05, 0) is 50.5 Å². The topological polar surface area (TPSA) is 108 Å². The quantitative estimate of drug-likeness (QED) is 0.239. The largest absolute Gasteiger partial charge is 0.497 e. The lowest BCUT2D eigenvalue weighted by Gasteiger charge is -2.09. The molecular formula is C22H25N6O2S+. The van der Waals surface area contributed by atoms with E-state index in [1.807, 2.05) is 24.3 Å². The van der Waals surface area contributed by atoms with Gasteiger partial charge in [0.15, 0.2) is 11.5 Å². The number of nitrogens with zero attached hydrogens (tertiary/aromatic N) is 4. The van der Waals surface area contributed by atoms with E-state index in [0.29, 0.717) is 16.2 Å². The minimum atomic E-state index is -0.382. The van der Waals surface area contributed by atoms with E-state index >= 15 is 0 Å². The van der Waals surface area contributed by atoms with Crippen molar-refractivity contribution in [1.82, 2.24) is 14.9 Å². The first kappa shape index (κ1) is 22.4. The fraction of sp³-hybridized carbons (Fsp3) is 0.227. The summed E-state index contributed by atoms with van der Waals surface area (Å²) < 4.78 is 5.56. The van der Waals surface area contributed by atoms with Crippen LogP contribution in [0.2, 0.25) is 0 Å². The second kappa shape index (κ2) is 10.1. The van der Waals surface area contributed by atoms with Gasteiger partial charge in [0.1, 0.15) is 5.75 Å². The Kier molecular flexibility index (Phi) is 7.32. The highest BCUT2D eigenvalue weighted by Gasteiger charge is 2.26. The van der Waals surface area contributed by atoms with E-state index in [-0.39, 0.29) is 23.0 Å². The molecule has 1 heterocycles.